The van der Waals surface area contributed by atoms with E-state index in [9.17, 15) is 40.3 Å². The zero-order valence-electron chi connectivity index (χ0n) is 21.4. The summed E-state index contributed by atoms with van der Waals surface area (Å²) in [5.74, 6) is -4.54. The van der Waals surface area contributed by atoms with Crippen LogP contribution in [0, 0.1) is 0 Å². The molecule has 2 aromatic carbocycles. The summed E-state index contributed by atoms with van der Waals surface area (Å²) < 4.78 is 97.2. The Morgan fingerprint density at radius 1 is 1.10 bits per heavy atom. The second kappa shape index (κ2) is 11.8. The summed E-state index contributed by atoms with van der Waals surface area (Å²) >= 11 is 1.09. The van der Waals surface area contributed by atoms with E-state index in [1.807, 2.05) is 0 Å². The van der Waals surface area contributed by atoms with Crippen molar-refractivity contribution in [2.45, 2.75) is 43.1 Å². The maximum absolute atomic E-state index is 13.9. The molecule has 0 saturated carbocycles. The van der Waals surface area contributed by atoms with Gasteiger partial charge in [0.2, 0.25) is 21.8 Å². The van der Waals surface area contributed by atoms with Crippen molar-refractivity contribution in [1.29, 1.82) is 0 Å². The number of anilines is 1. The van der Waals surface area contributed by atoms with Gasteiger partial charge in [-0.15, -0.1) is 24.5 Å². The molecule has 1 amide bonds. The van der Waals surface area contributed by atoms with Gasteiger partial charge in [0.1, 0.15) is 11.8 Å². The number of hydrogen-bond acceptors (Lipinski definition) is 8. The normalized spacial score (nSPS) is 16.9. The van der Waals surface area contributed by atoms with Crippen LogP contribution in [0.15, 0.2) is 58.8 Å². The van der Waals surface area contributed by atoms with E-state index >= 15 is 0 Å². The average molecular weight is 621 g/mol. The number of aromatic nitrogens is 1. The highest BCUT2D eigenvalue weighted by atomic mass is 32.2. The number of amides is 1. The van der Waals surface area contributed by atoms with Crippen molar-refractivity contribution >= 4 is 32.4 Å². The molecule has 0 aliphatic carbocycles. The second-order valence-electron chi connectivity index (χ2n) is 9.06. The number of alkyl halides is 5. The van der Waals surface area contributed by atoms with Crippen molar-refractivity contribution in [2.75, 3.05) is 24.5 Å². The minimum Gasteiger partial charge on any atom is -0.493 e. The molecule has 4 rings (SSSR count). The fourth-order valence-electron chi connectivity index (χ4n) is 4.17. The molecule has 1 saturated heterocycles. The molecule has 1 aliphatic heterocycles. The van der Waals surface area contributed by atoms with Crippen LogP contribution in [0.1, 0.15) is 24.5 Å². The third-order valence-corrected chi connectivity index (χ3v) is 9.15. The molecule has 2 heterocycles. The Bertz CT molecular complexity index is 1460. The van der Waals surface area contributed by atoms with Gasteiger partial charge in [0.15, 0.2) is 5.13 Å². The Labute approximate surface area is 236 Å². The topological polar surface area (TPSA) is 112 Å². The van der Waals surface area contributed by atoms with Crippen molar-refractivity contribution in [3.05, 3.63) is 65.0 Å². The quantitative estimate of drug-likeness (QED) is 0.340. The third kappa shape index (κ3) is 7.23. The predicted molar refractivity (Wildman–Crippen MR) is 139 cm³/mol. The van der Waals surface area contributed by atoms with Crippen LogP contribution < -0.4 is 15.0 Å². The van der Waals surface area contributed by atoms with Gasteiger partial charge >= 0.3 is 6.36 Å². The van der Waals surface area contributed by atoms with Gasteiger partial charge < -0.3 is 20.1 Å². The molecule has 1 aliphatic rings. The molecular formula is C25H25F5N4O5S2. The summed E-state index contributed by atoms with van der Waals surface area (Å²) in [5.41, 5.74) is 0.329. The molecular weight excluding hydrogens is 595 g/mol. The summed E-state index contributed by atoms with van der Waals surface area (Å²) in [4.78, 5) is 18.6. The maximum atomic E-state index is 13.9. The number of piperazine rings is 1. The van der Waals surface area contributed by atoms with Crippen molar-refractivity contribution < 1.29 is 45.0 Å². The number of thiazole rings is 1. The van der Waals surface area contributed by atoms with E-state index in [1.165, 1.54) is 36.6 Å². The first-order valence-electron chi connectivity index (χ1n) is 12.2. The van der Waals surface area contributed by atoms with Crippen LogP contribution in [-0.4, -0.2) is 60.8 Å². The maximum Gasteiger partial charge on any atom is 0.573 e. The molecule has 0 spiro atoms. The molecule has 0 radical (unpaired) electrons. The van der Waals surface area contributed by atoms with Gasteiger partial charge in [-0.1, -0.05) is 31.2 Å². The van der Waals surface area contributed by atoms with Gasteiger partial charge in [-0.25, -0.2) is 17.2 Å². The van der Waals surface area contributed by atoms with Crippen molar-refractivity contribution in [3.8, 4) is 11.6 Å². The van der Waals surface area contributed by atoms with Crippen molar-refractivity contribution in [3.63, 3.8) is 0 Å². The Morgan fingerprint density at radius 2 is 1.76 bits per heavy atom. The van der Waals surface area contributed by atoms with Crippen LogP contribution in [0.4, 0.5) is 27.1 Å². The first kappa shape index (κ1) is 30.5. The molecule has 1 aromatic heterocycles. The largest absolute Gasteiger partial charge is 0.573 e. The molecule has 0 unspecified atom stereocenters. The molecule has 9 nitrogen and oxygen atoms in total. The Morgan fingerprint density at radius 3 is 2.32 bits per heavy atom. The fraction of sp³-hybridized carbons (Fsp3) is 0.360. The predicted octanol–water partition coefficient (Wildman–Crippen LogP) is 4.45. The van der Waals surface area contributed by atoms with Crippen LogP contribution in [0.3, 0.4) is 0 Å². The summed E-state index contributed by atoms with van der Waals surface area (Å²) in [6.07, 6.45) is -5.33. The lowest BCUT2D eigenvalue weighted by Crippen LogP contribution is -2.60. The first-order valence-corrected chi connectivity index (χ1v) is 14.5. The lowest BCUT2D eigenvalue weighted by atomic mass is 10.0. The second-order valence-corrected chi connectivity index (χ2v) is 11.8. The number of nitrogens with one attached hydrogen (secondary N) is 1. The van der Waals surface area contributed by atoms with E-state index in [0.717, 1.165) is 39.9 Å². The molecule has 222 valence electrons. The molecule has 41 heavy (non-hydrogen) atoms. The average Bonchev–Trinajstić information content (AvgIpc) is 3.37. The Hall–Kier alpha value is -3.50. The SMILES string of the molecule is CCC(F)(F)c1ccc(CNC(=O)[C@H]2CN(c3nc(O)cs3)CCN2S(=O)(=O)c2ccc(OC(F)(F)F)cc2)cc1. The van der Waals surface area contributed by atoms with E-state index in [1.54, 1.807) is 4.90 Å². The zero-order valence-corrected chi connectivity index (χ0v) is 23.1. The Balaban J connectivity index is 1.55. The van der Waals surface area contributed by atoms with Gasteiger partial charge in [0.25, 0.3) is 5.92 Å². The number of sulfonamides is 1. The van der Waals surface area contributed by atoms with Crippen LogP contribution in [-0.2, 0) is 27.3 Å². The number of carbonyl (C=O) groups excluding carboxylic acids is 1. The van der Waals surface area contributed by atoms with Gasteiger partial charge in [-0.3, -0.25) is 4.79 Å². The van der Waals surface area contributed by atoms with Crippen LogP contribution >= 0.6 is 11.3 Å². The Kier molecular flexibility index (Phi) is 8.75. The molecule has 2 N–H and O–H groups in total. The molecule has 3 aromatic rings. The van der Waals surface area contributed by atoms with E-state index in [2.05, 4.69) is 15.0 Å². The van der Waals surface area contributed by atoms with Crippen LogP contribution in [0.25, 0.3) is 0 Å². The number of nitrogens with zero attached hydrogens (tertiary/aromatic N) is 3. The standard InChI is InChI=1S/C25H25F5N4O5S2/c1-2-24(26,27)17-5-3-16(4-6-17)13-31-22(36)20-14-33(23-32-21(35)15-40-23)11-12-34(20)41(37,38)19-9-7-18(8-10-19)39-25(28,29)30/h3-10,15,20,35H,2,11-14H2,1H3,(H,31,36)/t20-/m1/s1. The van der Waals surface area contributed by atoms with E-state index in [0.29, 0.717) is 10.7 Å². The van der Waals surface area contributed by atoms with Gasteiger partial charge in [0, 0.05) is 38.2 Å². The third-order valence-electron chi connectivity index (χ3n) is 6.34. The number of benzene rings is 2. The van der Waals surface area contributed by atoms with E-state index < -0.39 is 40.0 Å². The monoisotopic (exact) mass is 620 g/mol. The number of halogens is 5. The summed E-state index contributed by atoms with van der Waals surface area (Å²) in [6, 6.07) is 7.69. The van der Waals surface area contributed by atoms with Crippen LogP contribution in [0.5, 0.6) is 11.6 Å². The molecule has 0 bridgehead atoms. The van der Waals surface area contributed by atoms with Gasteiger partial charge in [0.05, 0.1) is 10.3 Å². The summed E-state index contributed by atoms with van der Waals surface area (Å²) in [5, 5.41) is 14.0. The van der Waals surface area contributed by atoms with Crippen molar-refractivity contribution in [2.24, 2.45) is 0 Å². The lowest BCUT2D eigenvalue weighted by molar-refractivity contribution is -0.274. The van der Waals surface area contributed by atoms with Gasteiger partial charge in [-0.05, 0) is 29.8 Å². The van der Waals surface area contributed by atoms with E-state index in [-0.39, 0.29) is 48.9 Å². The molecule has 16 heteroatoms. The van der Waals surface area contributed by atoms with Crippen molar-refractivity contribution in [1.82, 2.24) is 14.6 Å². The lowest BCUT2D eigenvalue weighted by Gasteiger charge is -2.39. The fourth-order valence-corrected chi connectivity index (χ4v) is 6.46. The summed E-state index contributed by atoms with van der Waals surface area (Å²) in [7, 11) is -4.37. The highest BCUT2D eigenvalue weighted by molar-refractivity contribution is 7.89. The zero-order chi connectivity index (χ0) is 30.0. The number of aromatic hydroxyl groups is 1. The van der Waals surface area contributed by atoms with E-state index in [4.69, 9.17) is 0 Å². The number of rotatable bonds is 9. The summed E-state index contributed by atoms with van der Waals surface area (Å²) in [6.45, 7) is 1.07. The highest BCUT2D eigenvalue weighted by Crippen LogP contribution is 2.32. The minimum atomic E-state index is -4.96. The smallest absolute Gasteiger partial charge is 0.493 e. The minimum absolute atomic E-state index is 0.0806. The molecule has 1 fully saturated rings. The van der Waals surface area contributed by atoms with Crippen LogP contribution in [0.2, 0.25) is 0 Å². The first-order chi connectivity index (χ1) is 19.2. The number of ether oxygens (including phenoxy) is 1. The number of carbonyl (C=O) groups is 1. The molecule has 1 atom stereocenters. The van der Waals surface area contributed by atoms with Gasteiger partial charge in [-0.2, -0.15) is 9.29 Å². The highest BCUT2D eigenvalue weighted by Gasteiger charge is 2.41. The number of hydrogen-bond donors (Lipinski definition) is 2.